The summed E-state index contributed by atoms with van der Waals surface area (Å²) < 4.78 is 40.0. The van der Waals surface area contributed by atoms with Gasteiger partial charge in [0.05, 0.1) is 16.1 Å². The number of hydrogen-bond acceptors (Lipinski definition) is 3. The van der Waals surface area contributed by atoms with E-state index in [-0.39, 0.29) is 35.5 Å². The summed E-state index contributed by atoms with van der Waals surface area (Å²) in [5.41, 5.74) is 2.31. The molecule has 0 radical (unpaired) electrons. The van der Waals surface area contributed by atoms with E-state index >= 15 is 0 Å². The number of carbonyl (C=O) groups excluding carboxylic acids is 3. The van der Waals surface area contributed by atoms with Crippen molar-refractivity contribution in [2.24, 2.45) is 13.0 Å². The molecule has 11 heteroatoms. The molecule has 4 aromatic rings. The van der Waals surface area contributed by atoms with Crippen LogP contribution < -0.4 is 16.0 Å². The van der Waals surface area contributed by atoms with E-state index in [1.165, 1.54) is 12.1 Å². The Hall–Kier alpha value is -4.31. The number of alkyl halides is 3. The SMILES string of the molecule is CC(C)C(=O)NCc1ccc(Cl)c(C(=O)Nc2ccc3c(c2)cc(C(=O)NCc2ccc(C(F)(F)F)cc2)n3C)c1. The third-order valence-electron chi connectivity index (χ3n) is 6.53. The summed E-state index contributed by atoms with van der Waals surface area (Å²) in [6, 6.07) is 16.4. The number of amides is 3. The van der Waals surface area contributed by atoms with Crippen LogP contribution in [0.15, 0.2) is 66.7 Å². The monoisotopic (exact) mass is 584 g/mol. The minimum absolute atomic E-state index is 0.0563. The van der Waals surface area contributed by atoms with Crippen molar-refractivity contribution in [3.05, 3.63) is 99.7 Å². The van der Waals surface area contributed by atoms with E-state index in [1.807, 2.05) is 0 Å². The molecule has 3 N–H and O–H groups in total. The Morgan fingerprint density at radius 2 is 1.51 bits per heavy atom. The molecular formula is C30H28ClF3N4O3. The number of aromatic nitrogens is 1. The number of rotatable bonds is 8. The number of benzene rings is 3. The summed E-state index contributed by atoms with van der Waals surface area (Å²) in [6.07, 6.45) is -4.42. The Kier molecular flexibility index (Phi) is 8.72. The van der Waals surface area contributed by atoms with Gasteiger partial charge in [-0.2, -0.15) is 13.2 Å². The van der Waals surface area contributed by atoms with Crippen LogP contribution in [0.1, 0.15) is 51.4 Å². The van der Waals surface area contributed by atoms with E-state index in [9.17, 15) is 27.6 Å². The summed E-state index contributed by atoms with van der Waals surface area (Å²) in [4.78, 5) is 37.8. The molecule has 0 aliphatic rings. The average molecular weight is 585 g/mol. The summed E-state index contributed by atoms with van der Waals surface area (Å²) in [6.45, 7) is 3.89. The van der Waals surface area contributed by atoms with Crippen molar-refractivity contribution in [2.45, 2.75) is 33.1 Å². The number of aryl methyl sites for hydroxylation is 1. The van der Waals surface area contributed by atoms with Gasteiger partial charge in [-0.1, -0.05) is 43.6 Å². The van der Waals surface area contributed by atoms with Gasteiger partial charge in [0, 0.05) is 42.6 Å². The highest BCUT2D eigenvalue weighted by molar-refractivity contribution is 6.34. The predicted octanol–water partition coefficient (Wildman–Crippen LogP) is 6.31. The second-order valence-corrected chi connectivity index (χ2v) is 10.3. The fourth-order valence-electron chi connectivity index (χ4n) is 4.18. The number of carbonyl (C=O) groups is 3. The molecule has 1 aromatic heterocycles. The number of fused-ring (bicyclic) bond motifs is 1. The molecule has 4 rings (SSSR count). The molecule has 1 heterocycles. The molecule has 3 amide bonds. The molecule has 0 aliphatic carbocycles. The van der Waals surface area contributed by atoms with Crippen molar-refractivity contribution in [3.8, 4) is 0 Å². The second-order valence-electron chi connectivity index (χ2n) is 9.88. The van der Waals surface area contributed by atoms with Gasteiger partial charge < -0.3 is 20.5 Å². The topological polar surface area (TPSA) is 92.2 Å². The fourth-order valence-corrected chi connectivity index (χ4v) is 4.38. The Morgan fingerprint density at radius 1 is 0.854 bits per heavy atom. The average Bonchev–Trinajstić information content (AvgIpc) is 3.26. The fraction of sp³-hybridized carbons (Fsp3) is 0.233. The Bertz CT molecular complexity index is 1610. The van der Waals surface area contributed by atoms with Crippen molar-refractivity contribution in [1.29, 1.82) is 0 Å². The van der Waals surface area contributed by atoms with Crippen LogP contribution in [-0.2, 0) is 31.1 Å². The van der Waals surface area contributed by atoms with Gasteiger partial charge in [0.1, 0.15) is 5.69 Å². The molecule has 0 spiro atoms. The van der Waals surface area contributed by atoms with Crippen LogP contribution in [0.4, 0.5) is 18.9 Å². The molecule has 0 saturated carbocycles. The van der Waals surface area contributed by atoms with Crippen molar-refractivity contribution < 1.29 is 27.6 Å². The molecule has 0 atom stereocenters. The largest absolute Gasteiger partial charge is 0.416 e. The Labute approximate surface area is 239 Å². The first kappa shape index (κ1) is 29.7. The number of hydrogen-bond donors (Lipinski definition) is 3. The van der Waals surface area contributed by atoms with Gasteiger partial charge in [0.25, 0.3) is 11.8 Å². The molecule has 0 unspecified atom stereocenters. The minimum Gasteiger partial charge on any atom is -0.352 e. The van der Waals surface area contributed by atoms with Gasteiger partial charge in [0.15, 0.2) is 0 Å². The summed E-state index contributed by atoms with van der Waals surface area (Å²) in [5, 5.41) is 9.31. The molecule has 41 heavy (non-hydrogen) atoms. The van der Waals surface area contributed by atoms with Crippen LogP contribution in [0.2, 0.25) is 5.02 Å². The standard InChI is InChI=1S/C30H28ClF3N4O3/c1-17(2)27(39)35-16-19-6-10-24(31)23(12-19)28(40)37-22-9-11-25-20(13-22)14-26(38(25)3)29(41)36-15-18-4-7-21(8-5-18)30(32,33)34/h4-14,17H,15-16H2,1-3H3,(H,35,39)(H,36,41)(H,37,40). The number of nitrogens with zero attached hydrogens (tertiary/aromatic N) is 1. The number of halogens is 4. The zero-order valence-electron chi connectivity index (χ0n) is 22.5. The molecule has 0 bridgehead atoms. The Morgan fingerprint density at radius 3 is 2.17 bits per heavy atom. The first-order chi connectivity index (χ1) is 19.3. The van der Waals surface area contributed by atoms with E-state index in [1.54, 1.807) is 67.9 Å². The molecule has 0 saturated heterocycles. The van der Waals surface area contributed by atoms with E-state index in [0.29, 0.717) is 22.3 Å². The van der Waals surface area contributed by atoms with E-state index < -0.39 is 23.6 Å². The maximum Gasteiger partial charge on any atom is 0.416 e. The summed E-state index contributed by atoms with van der Waals surface area (Å²) >= 11 is 6.28. The maximum absolute atomic E-state index is 13.0. The number of anilines is 1. The van der Waals surface area contributed by atoms with Crippen LogP contribution in [0, 0.1) is 5.92 Å². The van der Waals surface area contributed by atoms with Gasteiger partial charge in [-0.3, -0.25) is 14.4 Å². The summed E-state index contributed by atoms with van der Waals surface area (Å²) in [5.74, 6) is -1.10. The highest BCUT2D eigenvalue weighted by Gasteiger charge is 2.30. The van der Waals surface area contributed by atoms with Crippen LogP contribution in [0.25, 0.3) is 10.9 Å². The maximum atomic E-state index is 13.0. The smallest absolute Gasteiger partial charge is 0.352 e. The lowest BCUT2D eigenvalue weighted by Crippen LogP contribution is -2.27. The van der Waals surface area contributed by atoms with Crippen LogP contribution in [0.5, 0.6) is 0 Å². The molecule has 214 valence electrons. The van der Waals surface area contributed by atoms with Crippen molar-refractivity contribution in [2.75, 3.05) is 5.32 Å². The number of nitrogens with one attached hydrogen (secondary N) is 3. The van der Waals surface area contributed by atoms with Gasteiger partial charge in [0.2, 0.25) is 5.91 Å². The molecule has 3 aromatic carbocycles. The zero-order valence-corrected chi connectivity index (χ0v) is 23.3. The van der Waals surface area contributed by atoms with Gasteiger partial charge in [-0.15, -0.1) is 0 Å². The van der Waals surface area contributed by atoms with E-state index in [0.717, 1.165) is 23.2 Å². The van der Waals surface area contributed by atoms with Crippen molar-refractivity contribution >= 4 is 45.9 Å². The molecule has 7 nitrogen and oxygen atoms in total. The third kappa shape index (κ3) is 7.07. The van der Waals surface area contributed by atoms with Crippen LogP contribution in [0.3, 0.4) is 0 Å². The van der Waals surface area contributed by atoms with E-state index in [4.69, 9.17) is 11.6 Å². The van der Waals surface area contributed by atoms with E-state index in [2.05, 4.69) is 16.0 Å². The molecular weight excluding hydrogens is 557 g/mol. The first-order valence-electron chi connectivity index (χ1n) is 12.7. The van der Waals surface area contributed by atoms with Crippen molar-refractivity contribution in [1.82, 2.24) is 15.2 Å². The molecule has 0 fully saturated rings. The van der Waals surface area contributed by atoms with Crippen LogP contribution >= 0.6 is 11.6 Å². The zero-order chi connectivity index (χ0) is 29.9. The van der Waals surface area contributed by atoms with Crippen molar-refractivity contribution in [3.63, 3.8) is 0 Å². The highest BCUT2D eigenvalue weighted by atomic mass is 35.5. The lowest BCUT2D eigenvalue weighted by molar-refractivity contribution is -0.137. The third-order valence-corrected chi connectivity index (χ3v) is 6.86. The van der Waals surface area contributed by atoms with Gasteiger partial charge >= 0.3 is 6.18 Å². The normalized spacial score (nSPS) is 11.5. The predicted molar refractivity (Wildman–Crippen MR) is 152 cm³/mol. The highest BCUT2D eigenvalue weighted by Crippen LogP contribution is 2.29. The summed E-state index contributed by atoms with van der Waals surface area (Å²) in [7, 11) is 1.72. The Balaban J connectivity index is 1.45. The first-order valence-corrected chi connectivity index (χ1v) is 13.1. The lowest BCUT2D eigenvalue weighted by atomic mass is 10.1. The lowest BCUT2D eigenvalue weighted by Gasteiger charge is -2.11. The van der Waals surface area contributed by atoms with Gasteiger partial charge in [-0.25, -0.2) is 0 Å². The van der Waals surface area contributed by atoms with Crippen LogP contribution in [-0.4, -0.2) is 22.3 Å². The second kappa shape index (κ2) is 12.1. The minimum atomic E-state index is -4.42. The van der Waals surface area contributed by atoms with Gasteiger partial charge in [-0.05, 0) is 59.7 Å². The molecule has 0 aliphatic heterocycles. The quantitative estimate of drug-likeness (QED) is 0.227.